The second-order valence-electron chi connectivity index (χ2n) is 1.80. The van der Waals surface area contributed by atoms with E-state index in [0.29, 0.717) is 6.54 Å². The molecule has 2 N–H and O–H groups in total. The van der Waals surface area contributed by atoms with Gasteiger partial charge in [0, 0.05) is 6.54 Å². The zero-order valence-electron chi connectivity index (χ0n) is 5.72. The van der Waals surface area contributed by atoms with Gasteiger partial charge in [-0.05, 0) is 12.0 Å². The first kappa shape index (κ1) is 8.40. The van der Waals surface area contributed by atoms with Crippen LogP contribution in [0.1, 0.15) is 13.3 Å². The Morgan fingerprint density at radius 2 is 2.44 bits per heavy atom. The summed E-state index contributed by atoms with van der Waals surface area (Å²) in [5.74, 6) is 0. The first-order valence-corrected chi connectivity index (χ1v) is 3.02. The fraction of sp³-hybridized carbons (Fsp3) is 0.429. The van der Waals surface area contributed by atoms with Crippen LogP contribution in [0.4, 0.5) is 0 Å². The molecule has 0 aromatic heterocycles. The third kappa shape index (κ3) is 5.27. The molecule has 0 saturated carbocycles. The van der Waals surface area contributed by atoms with E-state index < -0.39 is 0 Å². The molecular weight excluding hydrogens is 114 g/mol. The van der Waals surface area contributed by atoms with E-state index in [4.69, 9.17) is 5.21 Å². The Morgan fingerprint density at radius 3 is 2.89 bits per heavy atom. The molecular formula is C7H13NO. The van der Waals surface area contributed by atoms with Crippen molar-refractivity contribution < 1.29 is 5.21 Å². The number of hydrogen-bond acceptors (Lipinski definition) is 2. The maximum absolute atomic E-state index is 8.19. The summed E-state index contributed by atoms with van der Waals surface area (Å²) in [5, 5.41) is 8.19. The van der Waals surface area contributed by atoms with E-state index in [-0.39, 0.29) is 0 Å². The highest BCUT2D eigenvalue weighted by Crippen LogP contribution is 1.90. The first-order chi connectivity index (χ1) is 4.31. The fourth-order valence-corrected chi connectivity index (χ4v) is 0.445. The van der Waals surface area contributed by atoms with E-state index in [1.54, 1.807) is 0 Å². The maximum atomic E-state index is 8.19. The zero-order valence-corrected chi connectivity index (χ0v) is 5.72. The van der Waals surface area contributed by atoms with E-state index in [2.05, 4.69) is 13.5 Å². The molecule has 0 rings (SSSR count). The molecule has 0 unspecified atom stereocenters. The van der Waals surface area contributed by atoms with Gasteiger partial charge in [-0.25, -0.2) is 5.48 Å². The second-order valence-corrected chi connectivity index (χ2v) is 1.80. The van der Waals surface area contributed by atoms with Crippen LogP contribution >= 0.6 is 0 Å². The van der Waals surface area contributed by atoms with Gasteiger partial charge in [0.25, 0.3) is 0 Å². The Balaban J connectivity index is 3.37. The van der Waals surface area contributed by atoms with Gasteiger partial charge in [0.05, 0.1) is 0 Å². The Labute approximate surface area is 55.8 Å². The molecule has 0 aromatic carbocycles. The molecule has 0 amide bonds. The summed E-state index contributed by atoms with van der Waals surface area (Å²) in [6.45, 7) is 6.17. The van der Waals surface area contributed by atoms with E-state index in [0.717, 1.165) is 12.0 Å². The van der Waals surface area contributed by atoms with E-state index in [9.17, 15) is 0 Å². The molecule has 2 heteroatoms. The molecule has 0 aliphatic carbocycles. The third-order valence-corrected chi connectivity index (χ3v) is 0.895. The average molecular weight is 127 g/mol. The minimum Gasteiger partial charge on any atom is -0.316 e. The highest BCUT2D eigenvalue weighted by atomic mass is 16.5. The topological polar surface area (TPSA) is 32.3 Å². The van der Waals surface area contributed by atoms with Gasteiger partial charge in [-0.15, -0.1) is 0 Å². The summed E-state index contributed by atoms with van der Waals surface area (Å²) in [5.41, 5.74) is 2.91. The summed E-state index contributed by atoms with van der Waals surface area (Å²) in [6.07, 6.45) is 4.90. The summed E-state index contributed by atoms with van der Waals surface area (Å²) in [4.78, 5) is 0. The van der Waals surface area contributed by atoms with Crippen LogP contribution in [0, 0.1) is 0 Å². The summed E-state index contributed by atoms with van der Waals surface area (Å²) in [7, 11) is 0. The molecule has 0 heterocycles. The minimum absolute atomic E-state index is 0.441. The molecule has 0 spiro atoms. The van der Waals surface area contributed by atoms with E-state index in [1.807, 2.05) is 17.6 Å². The first-order valence-electron chi connectivity index (χ1n) is 3.02. The predicted molar refractivity (Wildman–Crippen MR) is 38.4 cm³/mol. The van der Waals surface area contributed by atoms with Gasteiger partial charge in [-0.1, -0.05) is 25.7 Å². The standard InChI is InChI=1S/C7H13NO/c1-3-4-5-7(2)6-8-9/h4-5,8-9H,2-3,6H2,1H3/b5-4-. The lowest BCUT2D eigenvalue weighted by molar-refractivity contribution is 0.178. The smallest absolute Gasteiger partial charge is 0.0452 e. The molecule has 0 aromatic rings. The lowest BCUT2D eigenvalue weighted by Crippen LogP contribution is -2.09. The third-order valence-electron chi connectivity index (χ3n) is 0.895. The van der Waals surface area contributed by atoms with Crippen molar-refractivity contribution >= 4 is 0 Å². The van der Waals surface area contributed by atoms with Crippen molar-refractivity contribution in [2.24, 2.45) is 0 Å². The number of nitrogens with one attached hydrogen (secondary N) is 1. The minimum atomic E-state index is 0.441. The van der Waals surface area contributed by atoms with Crippen LogP contribution in [0.3, 0.4) is 0 Å². The second kappa shape index (κ2) is 5.54. The van der Waals surface area contributed by atoms with Crippen LogP contribution in [0.25, 0.3) is 0 Å². The van der Waals surface area contributed by atoms with E-state index >= 15 is 0 Å². The SMILES string of the molecule is C=C(/C=C\CC)CNO. The van der Waals surface area contributed by atoms with Crippen molar-refractivity contribution in [2.75, 3.05) is 6.54 Å². The van der Waals surface area contributed by atoms with Gasteiger partial charge < -0.3 is 5.21 Å². The molecule has 0 aliphatic heterocycles. The maximum Gasteiger partial charge on any atom is 0.0452 e. The zero-order chi connectivity index (χ0) is 7.11. The van der Waals surface area contributed by atoms with Gasteiger partial charge in [0.2, 0.25) is 0 Å². The van der Waals surface area contributed by atoms with Gasteiger partial charge >= 0.3 is 0 Å². The largest absolute Gasteiger partial charge is 0.316 e. The molecule has 52 valence electrons. The van der Waals surface area contributed by atoms with Gasteiger partial charge in [-0.2, -0.15) is 0 Å². The number of hydroxylamine groups is 1. The lowest BCUT2D eigenvalue weighted by Gasteiger charge is -1.93. The van der Waals surface area contributed by atoms with Gasteiger partial charge in [0.1, 0.15) is 0 Å². The number of allylic oxidation sites excluding steroid dienone is 1. The van der Waals surface area contributed by atoms with Crippen molar-refractivity contribution in [3.8, 4) is 0 Å². The van der Waals surface area contributed by atoms with Gasteiger partial charge in [0.15, 0.2) is 0 Å². The van der Waals surface area contributed by atoms with Crippen LogP contribution in [-0.2, 0) is 0 Å². The molecule has 2 nitrogen and oxygen atoms in total. The van der Waals surface area contributed by atoms with E-state index in [1.165, 1.54) is 0 Å². The van der Waals surface area contributed by atoms with Crippen molar-refractivity contribution in [3.63, 3.8) is 0 Å². The fourth-order valence-electron chi connectivity index (χ4n) is 0.445. The highest BCUT2D eigenvalue weighted by Gasteiger charge is 1.82. The van der Waals surface area contributed by atoms with Crippen molar-refractivity contribution in [3.05, 3.63) is 24.3 Å². The average Bonchev–Trinajstić information content (AvgIpc) is 1.85. The van der Waals surface area contributed by atoms with Crippen molar-refractivity contribution in [1.82, 2.24) is 5.48 Å². The summed E-state index contributed by atoms with van der Waals surface area (Å²) in [6, 6.07) is 0. The molecule has 9 heavy (non-hydrogen) atoms. The Kier molecular flexibility index (Phi) is 5.17. The van der Waals surface area contributed by atoms with Crippen molar-refractivity contribution in [1.29, 1.82) is 0 Å². The van der Waals surface area contributed by atoms with Crippen molar-refractivity contribution in [2.45, 2.75) is 13.3 Å². The van der Waals surface area contributed by atoms with Crippen LogP contribution < -0.4 is 5.48 Å². The molecule has 0 radical (unpaired) electrons. The molecule has 0 fully saturated rings. The molecule has 0 atom stereocenters. The molecule has 0 saturated heterocycles. The monoisotopic (exact) mass is 127 g/mol. The predicted octanol–water partition coefficient (Wildman–Crippen LogP) is 1.49. The number of hydrogen-bond donors (Lipinski definition) is 2. The quantitative estimate of drug-likeness (QED) is 0.443. The van der Waals surface area contributed by atoms with Gasteiger partial charge in [-0.3, -0.25) is 0 Å². The lowest BCUT2D eigenvalue weighted by atomic mass is 10.2. The summed E-state index contributed by atoms with van der Waals surface area (Å²) >= 11 is 0. The van der Waals surface area contributed by atoms with Crippen LogP contribution in [-0.4, -0.2) is 11.8 Å². The highest BCUT2D eigenvalue weighted by molar-refractivity contribution is 5.14. The molecule has 0 bridgehead atoms. The van der Waals surface area contributed by atoms with Crippen LogP contribution in [0.2, 0.25) is 0 Å². The number of rotatable bonds is 4. The van der Waals surface area contributed by atoms with Crippen LogP contribution in [0.5, 0.6) is 0 Å². The molecule has 0 aliphatic rings. The summed E-state index contributed by atoms with van der Waals surface area (Å²) < 4.78 is 0. The normalized spacial score (nSPS) is 10.4. The Morgan fingerprint density at radius 1 is 1.78 bits per heavy atom. The Bertz CT molecular complexity index is 107. The van der Waals surface area contributed by atoms with Crippen LogP contribution in [0.15, 0.2) is 24.3 Å². The Hall–Kier alpha value is -0.600.